The van der Waals surface area contributed by atoms with E-state index in [9.17, 15) is 18.0 Å². The van der Waals surface area contributed by atoms with Crippen molar-refractivity contribution >= 4 is 5.97 Å². The highest BCUT2D eigenvalue weighted by atomic mass is 19.4. The van der Waals surface area contributed by atoms with Crippen LogP contribution in [0.15, 0.2) is 53.1 Å². The van der Waals surface area contributed by atoms with Gasteiger partial charge in [0.1, 0.15) is 5.75 Å². The molecule has 28 heavy (non-hydrogen) atoms. The Morgan fingerprint density at radius 3 is 2.36 bits per heavy atom. The number of hydrogen-bond acceptors (Lipinski definition) is 6. The van der Waals surface area contributed by atoms with E-state index < -0.39 is 12.3 Å². The zero-order valence-corrected chi connectivity index (χ0v) is 14.7. The third-order valence-corrected chi connectivity index (χ3v) is 3.74. The van der Waals surface area contributed by atoms with E-state index in [2.05, 4.69) is 14.9 Å². The van der Waals surface area contributed by atoms with Crippen molar-refractivity contribution in [3.8, 4) is 17.1 Å². The summed E-state index contributed by atoms with van der Waals surface area (Å²) in [7, 11) is 0. The Labute approximate surface area is 157 Å². The van der Waals surface area contributed by atoms with E-state index in [1.807, 2.05) is 19.1 Å². The summed E-state index contributed by atoms with van der Waals surface area (Å²) in [4.78, 5) is 16.1. The number of esters is 1. The van der Waals surface area contributed by atoms with Crippen LogP contribution >= 0.6 is 0 Å². The zero-order valence-electron chi connectivity index (χ0n) is 14.7. The molecule has 0 atom stereocenters. The zero-order chi connectivity index (χ0) is 20.1. The molecule has 0 saturated heterocycles. The smallest absolute Gasteiger partial charge is 0.452 e. The van der Waals surface area contributed by atoms with E-state index >= 15 is 0 Å². The van der Waals surface area contributed by atoms with Gasteiger partial charge in [-0.2, -0.15) is 4.98 Å². The lowest BCUT2D eigenvalue weighted by Gasteiger charge is -2.08. The number of carbonyl (C=O) groups is 1. The molecule has 6 nitrogen and oxygen atoms in total. The van der Waals surface area contributed by atoms with E-state index in [1.54, 1.807) is 12.1 Å². The SMILES string of the molecule is CCc1ccc(C(=O)OCc2nc(-c3ccc(OC(F)(F)F)cc3)no2)cc1. The van der Waals surface area contributed by atoms with Crippen LogP contribution in [0, 0.1) is 0 Å². The minimum atomic E-state index is -4.76. The van der Waals surface area contributed by atoms with Gasteiger partial charge < -0.3 is 14.0 Å². The van der Waals surface area contributed by atoms with Crippen LogP contribution in [0.1, 0.15) is 28.7 Å². The Hall–Kier alpha value is -3.36. The van der Waals surface area contributed by atoms with Crippen LogP contribution in [0.2, 0.25) is 0 Å². The summed E-state index contributed by atoms with van der Waals surface area (Å²) < 4.78 is 50.5. The Kier molecular flexibility index (Phi) is 5.62. The van der Waals surface area contributed by atoms with Gasteiger partial charge in [-0.15, -0.1) is 13.2 Å². The molecular weight excluding hydrogens is 377 g/mol. The molecular formula is C19H15F3N2O4. The molecule has 0 bridgehead atoms. The molecule has 9 heteroatoms. The highest BCUT2D eigenvalue weighted by molar-refractivity contribution is 5.89. The number of hydrogen-bond donors (Lipinski definition) is 0. The van der Waals surface area contributed by atoms with E-state index in [4.69, 9.17) is 9.26 Å². The fraction of sp³-hybridized carbons (Fsp3) is 0.211. The lowest BCUT2D eigenvalue weighted by Crippen LogP contribution is -2.16. The molecule has 3 rings (SSSR count). The fourth-order valence-electron chi connectivity index (χ4n) is 2.32. The van der Waals surface area contributed by atoms with Crippen LogP contribution < -0.4 is 4.74 Å². The number of rotatable bonds is 6. The van der Waals surface area contributed by atoms with E-state index in [0.29, 0.717) is 11.1 Å². The number of halogens is 3. The Morgan fingerprint density at radius 2 is 1.75 bits per heavy atom. The predicted octanol–water partition coefficient (Wildman–Crippen LogP) is 4.55. The van der Waals surface area contributed by atoms with Gasteiger partial charge in [-0.1, -0.05) is 24.2 Å². The number of aromatic nitrogens is 2. The molecule has 0 N–H and O–H groups in total. The molecule has 0 aliphatic rings. The first kappa shape index (κ1) is 19.4. The van der Waals surface area contributed by atoms with Gasteiger partial charge in [0.25, 0.3) is 5.89 Å². The minimum Gasteiger partial charge on any atom is -0.452 e. The monoisotopic (exact) mass is 392 g/mol. The molecule has 1 heterocycles. The molecule has 0 fully saturated rings. The van der Waals surface area contributed by atoms with E-state index in [-0.39, 0.29) is 24.1 Å². The normalized spacial score (nSPS) is 11.3. The summed E-state index contributed by atoms with van der Waals surface area (Å²) in [5.41, 5.74) is 1.92. The molecule has 0 saturated carbocycles. The van der Waals surface area contributed by atoms with Gasteiger partial charge in [-0.05, 0) is 48.4 Å². The molecule has 0 unspecified atom stereocenters. The lowest BCUT2D eigenvalue weighted by molar-refractivity contribution is -0.274. The molecule has 0 aliphatic carbocycles. The molecule has 2 aromatic carbocycles. The van der Waals surface area contributed by atoms with Crippen molar-refractivity contribution in [1.29, 1.82) is 0 Å². The Morgan fingerprint density at radius 1 is 1.07 bits per heavy atom. The van der Waals surface area contributed by atoms with Crippen molar-refractivity contribution in [1.82, 2.24) is 10.1 Å². The van der Waals surface area contributed by atoms with Crippen LogP contribution in [0.3, 0.4) is 0 Å². The number of alkyl halides is 3. The van der Waals surface area contributed by atoms with Crippen molar-refractivity contribution < 1.29 is 32.0 Å². The second-order valence-electron chi connectivity index (χ2n) is 5.71. The number of ether oxygens (including phenoxy) is 2. The van der Waals surface area contributed by atoms with Gasteiger partial charge in [0, 0.05) is 5.56 Å². The number of nitrogens with zero attached hydrogens (tertiary/aromatic N) is 2. The number of aryl methyl sites for hydroxylation is 1. The highest BCUT2D eigenvalue weighted by Gasteiger charge is 2.31. The average Bonchev–Trinajstić information content (AvgIpc) is 3.14. The van der Waals surface area contributed by atoms with Crippen molar-refractivity contribution in [2.24, 2.45) is 0 Å². The van der Waals surface area contributed by atoms with Crippen LogP contribution in [0.25, 0.3) is 11.4 Å². The van der Waals surface area contributed by atoms with Crippen molar-refractivity contribution in [2.45, 2.75) is 26.3 Å². The molecule has 0 amide bonds. The standard InChI is InChI=1S/C19H15F3N2O4/c1-2-12-3-5-14(6-4-12)18(25)26-11-16-23-17(24-28-16)13-7-9-15(10-8-13)27-19(20,21)22/h3-10H,2,11H2,1H3. The topological polar surface area (TPSA) is 74.5 Å². The third-order valence-electron chi connectivity index (χ3n) is 3.74. The van der Waals surface area contributed by atoms with Crippen molar-refractivity contribution in [3.05, 3.63) is 65.5 Å². The summed E-state index contributed by atoms with van der Waals surface area (Å²) in [6, 6.07) is 12.0. The molecule has 0 spiro atoms. The average molecular weight is 392 g/mol. The number of benzene rings is 2. The molecule has 0 radical (unpaired) electrons. The number of carbonyl (C=O) groups excluding carboxylic acids is 1. The summed E-state index contributed by atoms with van der Waals surface area (Å²) in [5.74, 6) is -0.680. The summed E-state index contributed by atoms with van der Waals surface area (Å²) in [6.07, 6.45) is -3.90. The van der Waals surface area contributed by atoms with Gasteiger partial charge in [0.15, 0.2) is 6.61 Å². The largest absolute Gasteiger partial charge is 0.573 e. The third kappa shape index (κ3) is 5.09. The minimum absolute atomic E-state index is 0.0594. The van der Waals surface area contributed by atoms with Gasteiger partial charge in [-0.3, -0.25) is 0 Å². The van der Waals surface area contributed by atoms with Gasteiger partial charge in [0.2, 0.25) is 5.82 Å². The van der Waals surface area contributed by atoms with Crippen molar-refractivity contribution in [2.75, 3.05) is 0 Å². The highest BCUT2D eigenvalue weighted by Crippen LogP contribution is 2.25. The van der Waals surface area contributed by atoms with Crippen molar-refractivity contribution in [3.63, 3.8) is 0 Å². The first-order valence-corrected chi connectivity index (χ1v) is 8.29. The Bertz CT molecular complexity index is 935. The molecule has 0 aliphatic heterocycles. The van der Waals surface area contributed by atoms with Crippen LogP contribution in [-0.4, -0.2) is 22.5 Å². The van der Waals surface area contributed by atoms with E-state index in [0.717, 1.165) is 24.1 Å². The van der Waals surface area contributed by atoms with Gasteiger partial charge >= 0.3 is 12.3 Å². The summed E-state index contributed by atoms with van der Waals surface area (Å²) in [6.45, 7) is 1.79. The lowest BCUT2D eigenvalue weighted by atomic mass is 10.1. The molecule has 1 aromatic heterocycles. The maximum absolute atomic E-state index is 12.2. The Balaban J connectivity index is 1.60. The summed E-state index contributed by atoms with van der Waals surface area (Å²) in [5, 5.41) is 3.72. The van der Waals surface area contributed by atoms with Crippen LogP contribution in [-0.2, 0) is 17.8 Å². The van der Waals surface area contributed by atoms with Crippen LogP contribution in [0.5, 0.6) is 5.75 Å². The fourth-order valence-corrected chi connectivity index (χ4v) is 2.32. The van der Waals surface area contributed by atoms with Gasteiger partial charge in [0.05, 0.1) is 5.56 Å². The predicted molar refractivity (Wildman–Crippen MR) is 91.4 cm³/mol. The quantitative estimate of drug-likeness (QED) is 0.573. The first-order chi connectivity index (χ1) is 13.3. The van der Waals surface area contributed by atoms with E-state index in [1.165, 1.54) is 12.1 Å². The second kappa shape index (κ2) is 8.12. The maximum atomic E-state index is 12.2. The second-order valence-corrected chi connectivity index (χ2v) is 5.71. The van der Waals surface area contributed by atoms with Crippen LogP contribution in [0.4, 0.5) is 13.2 Å². The van der Waals surface area contributed by atoms with Gasteiger partial charge in [-0.25, -0.2) is 4.79 Å². The summed E-state index contributed by atoms with van der Waals surface area (Å²) >= 11 is 0. The first-order valence-electron chi connectivity index (χ1n) is 8.29. The molecule has 3 aromatic rings. The maximum Gasteiger partial charge on any atom is 0.573 e. The molecule has 146 valence electrons.